The van der Waals surface area contributed by atoms with E-state index in [-0.39, 0.29) is 11.5 Å². The molecule has 1 aromatic heterocycles. The lowest BCUT2D eigenvalue weighted by molar-refractivity contribution is -0.00992. The number of aryl methyl sites for hydroxylation is 1. The van der Waals surface area contributed by atoms with Gasteiger partial charge in [-0.3, -0.25) is 4.79 Å². The maximum absolute atomic E-state index is 12.8. The molecule has 0 bridgehead atoms. The number of aromatic nitrogens is 3. The van der Waals surface area contributed by atoms with Crippen LogP contribution in [0.4, 0.5) is 5.69 Å². The molecule has 2 heterocycles. The van der Waals surface area contributed by atoms with Gasteiger partial charge in [0.05, 0.1) is 12.7 Å². The Bertz CT molecular complexity index is 993. The highest BCUT2D eigenvalue weighted by Gasteiger charge is 2.34. The first-order chi connectivity index (χ1) is 14.1. The highest BCUT2D eigenvalue weighted by atomic mass is 16.5. The second-order valence-electron chi connectivity index (χ2n) is 7.47. The predicted molar refractivity (Wildman–Crippen MR) is 112 cm³/mol. The van der Waals surface area contributed by atoms with E-state index in [1.54, 1.807) is 7.11 Å². The van der Waals surface area contributed by atoms with Gasteiger partial charge in [-0.05, 0) is 43.7 Å². The van der Waals surface area contributed by atoms with Crippen LogP contribution in [0.15, 0.2) is 54.7 Å². The smallest absolute Gasteiger partial charge is 0.255 e. The fraction of sp³-hybridized carbons (Fsp3) is 0.318. The second-order valence-corrected chi connectivity index (χ2v) is 7.47. The molecule has 1 atom stereocenters. The normalized spacial score (nSPS) is 18.7. The standard InChI is InChI=1S/C22H25N5O2/c1-16-8-9-17(12-19(16)21(28)24-18-6-4-3-5-7-18)20-13-27(26-25-20)15-22(29-2)10-11-23-14-22/h3-9,12-13,23H,10-11,14-15H2,1-2H3,(H,24,28). The second kappa shape index (κ2) is 8.14. The van der Waals surface area contributed by atoms with Gasteiger partial charge in [-0.25, -0.2) is 4.68 Å². The summed E-state index contributed by atoms with van der Waals surface area (Å²) in [6.07, 6.45) is 2.84. The molecule has 0 radical (unpaired) electrons. The van der Waals surface area contributed by atoms with E-state index in [0.717, 1.165) is 42.0 Å². The van der Waals surface area contributed by atoms with Crippen LogP contribution in [0.25, 0.3) is 11.3 Å². The summed E-state index contributed by atoms with van der Waals surface area (Å²) in [6.45, 7) is 4.30. The van der Waals surface area contributed by atoms with Crippen molar-refractivity contribution in [3.63, 3.8) is 0 Å². The molecule has 1 aliphatic heterocycles. The van der Waals surface area contributed by atoms with Gasteiger partial charge >= 0.3 is 0 Å². The molecule has 1 amide bonds. The number of hydrogen-bond donors (Lipinski definition) is 2. The number of amides is 1. The highest BCUT2D eigenvalue weighted by Crippen LogP contribution is 2.24. The minimum absolute atomic E-state index is 0.140. The number of anilines is 1. The zero-order chi connectivity index (χ0) is 20.3. The number of carbonyl (C=O) groups is 1. The topological polar surface area (TPSA) is 81.1 Å². The van der Waals surface area contributed by atoms with E-state index >= 15 is 0 Å². The first kappa shape index (κ1) is 19.3. The van der Waals surface area contributed by atoms with Crippen LogP contribution in [-0.2, 0) is 11.3 Å². The fourth-order valence-electron chi connectivity index (χ4n) is 3.64. The SMILES string of the molecule is COC1(Cn2cc(-c3ccc(C)c(C(=O)Nc4ccccc4)c3)nn2)CCNC1. The monoisotopic (exact) mass is 391 g/mol. The number of para-hydroxylation sites is 1. The molecule has 29 heavy (non-hydrogen) atoms. The van der Waals surface area contributed by atoms with Gasteiger partial charge in [0.1, 0.15) is 11.3 Å². The highest BCUT2D eigenvalue weighted by molar-refractivity contribution is 6.05. The maximum atomic E-state index is 12.8. The molecule has 1 fully saturated rings. The van der Waals surface area contributed by atoms with Crippen molar-refractivity contribution in [2.45, 2.75) is 25.5 Å². The van der Waals surface area contributed by atoms with Gasteiger partial charge in [0.25, 0.3) is 5.91 Å². The molecule has 2 N–H and O–H groups in total. The molecular weight excluding hydrogens is 366 g/mol. The van der Waals surface area contributed by atoms with Gasteiger partial charge < -0.3 is 15.4 Å². The van der Waals surface area contributed by atoms with Crippen LogP contribution in [0.3, 0.4) is 0 Å². The van der Waals surface area contributed by atoms with Crippen molar-refractivity contribution in [1.82, 2.24) is 20.3 Å². The van der Waals surface area contributed by atoms with Gasteiger partial charge in [0, 0.05) is 30.5 Å². The predicted octanol–water partition coefficient (Wildman–Crippen LogP) is 2.88. The quantitative estimate of drug-likeness (QED) is 0.675. The summed E-state index contributed by atoms with van der Waals surface area (Å²) in [5, 5.41) is 14.9. The third-order valence-electron chi connectivity index (χ3n) is 5.44. The Morgan fingerprint density at radius 1 is 1.28 bits per heavy atom. The van der Waals surface area contributed by atoms with E-state index in [1.165, 1.54) is 0 Å². The van der Waals surface area contributed by atoms with Crippen LogP contribution < -0.4 is 10.6 Å². The summed E-state index contributed by atoms with van der Waals surface area (Å²) < 4.78 is 7.55. The summed E-state index contributed by atoms with van der Waals surface area (Å²) in [4.78, 5) is 12.8. The van der Waals surface area contributed by atoms with Crippen molar-refractivity contribution in [2.24, 2.45) is 0 Å². The van der Waals surface area contributed by atoms with E-state index in [2.05, 4.69) is 20.9 Å². The van der Waals surface area contributed by atoms with Gasteiger partial charge in [0.15, 0.2) is 0 Å². The number of carbonyl (C=O) groups excluding carboxylic acids is 1. The van der Waals surface area contributed by atoms with E-state index in [1.807, 2.05) is 66.3 Å². The molecule has 7 heteroatoms. The lowest BCUT2D eigenvalue weighted by Gasteiger charge is -2.25. The van der Waals surface area contributed by atoms with Gasteiger partial charge in [-0.1, -0.05) is 35.5 Å². The molecule has 4 rings (SSSR count). The summed E-state index contributed by atoms with van der Waals surface area (Å²) in [6, 6.07) is 15.2. The van der Waals surface area contributed by atoms with Gasteiger partial charge in [-0.2, -0.15) is 0 Å². The van der Waals surface area contributed by atoms with Crippen molar-refractivity contribution >= 4 is 11.6 Å². The molecule has 0 aliphatic carbocycles. The van der Waals surface area contributed by atoms with E-state index in [0.29, 0.717) is 12.1 Å². The van der Waals surface area contributed by atoms with Crippen molar-refractivity contribution in [1.29, 1.82) is 0 Å². The van der Waals surface area contributed by atoms with Crippen molar-refractivity contribution in [3.8, 4) is 11.3 Å². The van der Waals surface area contributed by atoms with Crippen molar-refractivity contribution in [3.05, 3.63) is 65.9 Å². The van der Waals surface area contributed by atoms with E-state index in [4.69, 9.17) is 4.74 Å². The molecule has 1 unspecified atom stereocenters. The molecule has 7 nitrogen and oxygen atoms in total. The summed E-state index contributed by atoms with van der Waals surface area (Å²) in [5.41, 5.74) is 3.63. The third-order valence-corrected chi connectivity index (χ3v) is 5.44. The Hall–Kier alpha value is -3.03. The lowest BCUT2D eigenvalue weighted by Crippen LogP contribution is -2.38. The third kappa shape index (κ3) is 4.21. The molecule has 0 spiro atoms. The number of benzene rings is 2. The minimum Gasteiger partial charge on any atom is -0.375 e. The lowest BCUT2D eigenvalue weighted by atomic mass is 10.0. The Labute approximate surface area is 170 Å². The molecule has 1 aliphatic rings. The van der Waals surface area contributed by atoms with E-state index < -0.39 is 0 Å². The Morgan fingerprint density at radius 3 is 2.83 bits per heavy atom. The molecule has 2 aromatic carbocycles. The number of hydrogen-bond acceptors (Lipinski definition) is 5. The molecular formula is C22H25N5O2. The van der Waals surface area contributed by atoms with Crippen LogP contribution in [0, 0.1) is 6.92 Å². The first-order valence-corrected chi connectivity index (χ1v) is 9.72. The van der Waals surface area contributed by atoms with Crippen LogP contribution in [-0.4, -0.2) is 46.7 Å². The maximum Gasteiger partial charge on any atom is 0.255 e. The molecule has 0 saturated carbocycles. The Balaban J connectivity index is 1.54. The van der Waals surface area contributed by atoms with Crippen LogP contribution in [0.2, 0.25) is 0 Å². The first-order valence-electron chi connectivity index (χ1n) is 9.72. The number of nitrogens with zero attached hydrogens (tertiary/aromatic N) is 3. The Morgan fingerprint density at radius 2 is 2.10 bits per heavy atom. The summed E-state index contributed by atoms with van der Waals surface area (Å²) >= 11 is 0. The Kier molecular flexibility index (Phi) is 5.42. The van der Waals surface area contributed by atoms with E-state index in [9.17, 15) is 4.79 Å². The van der Waals surface area contributed by atoms with Crippen LogP contribution >= 0.6 is 0 Å². The van der Waals surface area contributed by atoms with Crippen LogP contribution in [0.1, 0.15) is 22.3 Å². The fourth-order valence-corrected chi connectivity index (χ4v) is 3.64. The molecule has 150 valence electrons. The summed E-state index contributed by atoms with van der Waals surface area (Å²) in [7, 11) is 1.74. The average Bonchev–Trinajstić information content (AvgIpc) is 3.39. The number of nitrogens with one attached hydrogen (secondary N) is 2. The average molecular weight is 391 g/mol. The molecule has 1 saturated heterocycles. The summed E-state index contributed by atoms with van der Waals surface area (Å²) in [5.74, 6) is -0.140. The van der Waals surface area contributed by atoms with Gasteiger partial charge in [0.2, 0.25) is 0 Å². The number of ether oxygens (including phenoxy) is 1. The zero-order valence-corrected chi connectivity index (χ0v) is 16.7. The van der Waals surface area contributed by atoms with Crippen molar-refractivity contribution < 1.29 is 9.53 Å². The number of rotatable bonds is 6. The largest absolute Gasteiger partial charge is 0.375 e. The number of methoxy groups -OCH3 is 1. The van der Waals surface area contributed by atoms with Gasteiger partial charge in [-0.15, -0.1) is 5.10 Å². The minimum atomic E-state index is -0.251. The molecule has 3 aromatic rings. The van der Waals surface area contributed by atoms with Crippen molar-refractivity contribution in [2.75, 3.05) is 25.5 Å². The zero-order valence-electron chi connectivity index (χ0n) is 16.7. The van der Waals surface area contributed by atoms with Crippen LogP contribution in [0.5, 0.6) is 0 Å².